The monoisotopic (exact) mass is 386 g/mol. The molecule has 2 aromatic rings. The average Bonchev–Trinajstić information content (AvgIpc) is 3.14. The van der Waals surface area contributed by atoms with E-state index >= 15 is 0 Å². The van der Waals surface area contributed by atoms with Gasteiger partial charge in [0.05, 0.1) is 5.92 Å². The number of benzene rings is 2. The molecule has 2 heterocycles. The van der Waals surface area contributed by atoms with Crippen LogP contribution >= 0.6 is 11.6 Å². The SMILES string of the molecule is O=C(NCc1ccc2c(c1)OCO2)C1CCCN(Cc2cccc(Cl)c2)C1. The van der Waals surface area contributed by atoms with Gasteiger partial charge in [-0.25, -0.2) is 0 Å². The molecule has 0 aliphatic carbocycles. The van der Waals surface area contributed by atoms with Gasteiger partial charge in [0.1, 0.15) is 0 Å². The smallest absolute Gasteiger partial charge is 0.231 e. The number of likely N-dealkylation sites (tertiary alicyclic amines) is 1. The summed E-state index contributed by atoms with van der Waals surface area (Å²) in [6.45, 7) is 3.38. The number of hydrogen-bond acceptors (Lipinski definition) is 4. The number of halogens is 1. The van der Waals surface area contributed by atoms with E-state index in [-0.39, 0.29) is 18.6 Å². The minimum atomic E-state index is 0.0203. The second-order valence-corrected chi connectivity index (χ2v) is 7.55. The molecule has 142 valence electrons. The number of rotatable bonds is 5. The molecule has 1 fully saturated rings. The van der Waals surface area contributed by atoms with Crippen LogP contribution in [0.5, 0.6) is 11.5 Å². The lowest BCUT2D eigenvalue weighted by molar-refractivity contribution is -0.126. The van der Waals surface area contributed by atoms with Crippen LogP contribution in [0.4, 0.5) is 0 Å². The summed E-state index contributed by atoms with van der Waals surface area (Å²) in [5, 5.41) is 3.82. The van der Waals surface area contributed by atoms with Gasteiger partial charge in [-0.1, -0.05) is 29.8 Å². The number of fused-ring (bicyclic) bond motifs is 1. The molecule has 1 saturated heterocycles. The van der Waals surface area contributed by atoms with E-state index in [1.165, 1.54) is 5.56 Å². The minimum Gasteiger partial charge on any atom is -0.454 e. The van der Waals surface area contributed by atoms with Gasteiger partial charge in [0.25, 0.3) is 0 Å². The summed E-state index contributed by atoms with van der Waals surface area (Å²) < 4.78 is 10.7. The maximum absolute atomic E-state index is 12.6. The van der Waals surface area contributed by atoms with Gasteiger partial charge >= 0.3 is 0 Å². The van der Waals surface area contributed by atoms with Crippen LogP contribution in [0.2, 0.25) is 5.02 Å². The lowest BCUT2D eigenvalue weighted by Crippen LogP contribution is -2.42. The standard InChI is InChI=1S/C21H23ClN2O3/c22-18-5-1-3-16(9-18)12-24-8-2-4-17(13-24)21(25)23-11-15-6-7-19-20(10-15)27-14-26-19/h1,3,5-7,9-10,17H,2,4,8,11-14H2,(H,23,25). The molecule has 2 aromatic carbocycles. The van der Waals surface area contributed by atoms with Crippen molar-refractivity contribution in [1.82, 2.24) is 10.2 Å². The summed E-state index contributed by atoms with van der Waals surface area (Å²) in [5.41, 5.74) is 2.20. The molecule has 1 amide bonds. The highest BCUT2D eigenvalue weighted by molar-refractivity contribution is 6.30. The maximum Gasteiger partial charge on any atom is 0.231 e. The molecule has 0 radical (unpaired) electrons. The highest BCUT2D eigenvalue weighted by Crippen LogP contribution is 2.32. The van der Waals surface area contributed by atoms with Crippen LogP contribution in [0, 0.1) is 5.92 Å². The molecule has 1 unspecified atom stereocenters. The van der Waals surface area contributed by atoms with Crippen molar-refractivity contribution < 1.29 is 14.3 Å². The third kappa shape index (κ3) is 4.54. The van der Waals surface area contributed by atoms with Gasteiger partial charge < -0.3 is 14.8 Å². The number of amides is 1. The van der Waals surface area contributed by atoms with E-state index in [1.54, 1.807) is 0 Å². The number of nitrogens with one attached hydrogen (secondary N) is 1. The number of ether oxygens (including phenoxy) is 2. The highest BCUT2D eigenvalue weighted by atomic mass is 35.5. The summed E-state index contributed by atoms with van der Waals surface area (Å²) in [6.07, 6.45) is 1.96. The van der Waals surface area contributed by atoms with Crippen LogP contribution in [0.3, 0.4) is 0 Å². The Labute approximate surface area is 164 Å². The number of piperidine rings is 1. The number of carbonyl (C=O) groups is 1. The van der Waals surface area contributed by atoms with Crippen LogP contribution in [-0.2, 0) is 17.9 Å². The molecule has 0 aromatic heterocycles. The zero-order chi connectivity index (χ0) is 18.6. The van der Waals surface area contributed by atoms with E-state index in [2.05, 4.69) is 16.3 Å². The van der Waals surface area contributed by atoms with E-state index in [4.69, 9.17) is 21.1 Å². The summed E-state index contributed by atoms with van der Waals surface area (Å²) >= 11 is 6.08. The Morgan fingerprint density at radius 1 is 1.15 bits per heavy atom. The zero-order valence-electron chi connectivity index (χ0n) is 15.1. The van der Waals surface area contributed by atoms with Gasteiger partial charge in [-0.15, -0.1) is 0 Å². The van der Waals surface area contributed by atoms with E-state index < -0.39 is 0 Å². The van der Waals surface area contributed by atoms with Crippen molar-refractivity contribution in [2.24, 2.45) is 5.92 Å². The van der Waals surface area contributed by atoms with Crippen molar-refractivity contribution in [2.75, 3.05) is 19.9 Å². The molecular formula is C21H23ClN2O3. The molecule has 2 aliphatic rings. The first-order chi connectivity index (χ1) is 13.2. The molecule has 0 saturated carbocycles. The maximum atomic E-state index is 12.6. The highest BCUT2D eigenvalue weighted by Gasteiger charge is 2.25. The zero-order valence-corrected chi connectivity index (χ0v) is 15.9. The lowest BCUT2D eigenvalue weighted by atomic mass is 9.96. The Morgan fingerprint density at radius 2 is 2.04 bits per heavy atom. The molecule has 2 aliphatic heterocycles. The Kier molecular flexibility index (Phi) is 5.50. The van der Waals surface area contributed by atoms with E-state index in [0.717, 1.165) is 54.6 Å². The van der Waals surface area contributed by atoms with Crippen molar-refractivity contribution in [3.05, 3.63) is 58.6 Å². The molecule has 1 atom stereocenters. The molecule has 4 rings (SSSR count). The molecular weight excluding hydrogens is 364 g/mol. The molecule has 5 nitrogen and oxygen atoms in total. The Hall–Kier alpha value is -2.24. The molecule has 1 N–H and O–H groups in total. The van der Waals surface area contributed by atoms with Gasteiger partial charge in [0, 0.05) is 24.7 Å². The molecule has 6 heteroatoms. The van der Waals surface area contributed by atoms with Crippen LogP contribution < -0.4 is 14.8 Å². The number of hydrogen-bond donors (Lipinski definition) is 1. The quantitative estimate of drug-likeness (QED) is 0.853. The van der Waals surface area contributed by atoms with Gasteiger partial charge in [-0.2, -0.15) is 0 Å². The molecule has 27 heavy (non-hydrogen) atoms. The normalized spacial score (nSPS) is 19.1. The Balaban J connectivity index is 1.30. The fraction of sp³-hybridized carbons (Fsp3) is 0.381. The van der Waals surface area contributed by atoms with Crippen molar-refractivity contribution in [2.45, 2.75) is 25.9 Å². The summed E-state index contributed by atoms with van der Waals surface area (Å²) in [4.78, 5) is 15.0. The third-order valence-electron chi connectivity index (χ3n) is 5.08. The number of carbonyl (C=O) groups excluding carboxylic acids is 1. The van der Waals surface area contributed by atoms with Gasteiger partial charge in [-0.05, 0) is 54.8 Å². The minimum absolute atomic E-state index is 0.0203. The first-order valence-corrected chi connectivity index (χ1v) is 9.68. The predicted octanol–water partition coefficient (Wildman–Crippen LogP) is 3.60. The van der Waals surface area contributed by atoms with Crippen LogP contribution in [0.25, 0.3) is 0 Å². The summed E-state index contributed by atoms with van der Waals surface area (Å²) in [7, 11) is 0. The topological polar surface area (TPSA) is 50.8 Å². The first-order valence-electron chi connectivity index (χ1n) is 9.30. The summed E-state index contributed by atoms with van der Waals surface area (Å²) in [6, 6.07) is 13.7. The van der Waals surface area contributed by atoms with Gasteiger partial charge in [0.15, 0.2) is 11.5 Å². The summed E-state index contributed by atoms with van der Waals surface area (Å²) in [5.74, 6) is 1.64. The van der Waals surface area contributed by atoms with Crippen molar-refractivity contribution in [3.63, 3.8) is 0 Å². The molecule has 0 bridgehead atoms. The largest absolute Gasteiger partial charge is 0.454 e. The van der Waals surface area contributed by atoms with Gasteiger partial charge in [0.2, 0.25) is 12.7 Å². The van der Waals surface area contributed by atoms with Crippen molar-refractivity contribution >= 4 is 17.5 Å². The van der Waals surface area contributed by atoms with E-state index in [1.807, 2.05) is 36.4 Å². The van der Waals surface area contributed by atoms with Crippen molar-refractivity contribution in [1.29, 1.82) is 0 Å². The Bertz CT molecular complexity index is 827. The Morgan fingerprint density at radius 3 is 2.93 bits per heavy atom. The average molecular weight is 387 g/mol. The second kappa shape index (κ2) is 8.19. The first kappa shape index (κ1) is 18.1. The molecule has 0 spiro atoms. The van der Waals surface area contributed by atoms with Crippen LogP contribution in [-0.4, -0.2) is 30.7 Å². The predicted molar refractivity (Wildman–Crippen MR) is 104 cm³/mol. The van der Waals surface area contributed by atoms with E-state index in [0.29, 0.717) is 6.54 Å². The van der Waals surface area contributed by atoms with E-state index in [9.17, 15) is 4.79 Å². The van der Waals surface area contributed by atoms with Gasteiger partial charge in [-0.3, -0.25) is 9.69 Å². The second-order valence-electron chi connectivity index (χ2n) is 7.11. The fourth-order valence-electron chi connectivity index (χ4n) is 3.69. The van der Waals surface area contributed by atoms with Crippen LogP contribution in [0.1, 0.15) is 24.0 Å². The van der Waals surface area contributed by atoms with Crippen molar-refractivity contribution in [3.8, 4) is 11.5 Å². The number of nitrogens with zero attached hydrogens (tertiary/aromatic N) is 1. The third-order valence-corrected chi connectivity index (χ3v) is 5.31. The fourth-order valence-corrected chi connectivity index (χ4v) is 3.90. The lowest BCUT2D eigenvalue weighted by Gasteiger charge is -2.32. The van der Waals surface area contributed by atoms with Crippen LogP contribution in [0.15, 0.2) is 42.5 Å².